The van der Waals surface area contributed by atoms with E-state index in [1.807, 2.05) is 6.92 Å². The largest absolute Gasteiger partial charge is 0.389 e. The maximum Gasteiger partial charge on any atom is 0.155 e. The van der Waals surface area contributed by atoms with Crippen LogP contribution < -0.4 is 0 Å². The Kier molecular flexibility index (Phi) is 4.31. The van der Waals surface area contributed by atoms with Crippen molar-refractivity contribution in [3.63, 3.8) is 0 Å². The normalized spacial score (nSPS) is 35.0. The van der Waals surface area contributed by atoms with Gasteiger partial charge < -0.3 is 5.11 Å². The van der Waals surface area contributed by atoms with Gasteiger partial charge in [-0.05, 0) is 57.9 Å². The number of hydrogen-bond acceptors (Lipinski definition) is 4. The lowest BCUT2D eigenvalue weighted by atomic mass is 9.79. The lowest BCUT2D eigenvalue weighted by Crippen LogP contribution is -2.48. The highest BCUT2D eigenvalue weighted by Crippen LogP contribution is 2.34. The predicted octanol–water partition coefficient (Wildman–Crippen LogP) is 2.23. The van der Waals surface area contributed by atoms with E-state index < -0.39 is 5.60 Å². The van der Waals surface area contributed by atoms with Crippen LogP contribution in [0.15, 0.2) is 0 Å². The van der Waals surface area contributed by atoms with Gasteiger partial charge in [-0.25, -0.2) is 4.98 Å². The number of aliphatic hydroxyl groups is 1. The second-order valence-electron chi connectivity index (χ2n) is 7.26. The van der Waals surface area contributed by atoms with Crippen molar-refractivity contribution in [2.24, 2.45) is 5.92 Å². The number of piperidine rings is 1. The summed E-state index contributed by atoms with van der Waals surface area (Å²) in [5.41, 5.74) is -0.469. The second-order valence-corrected chi connectivity index (χ2v) is 7.26. The molecule has 0 aromatic carbocycles. The maximum absolute atomic E-state index is 10.8. The Morgan fingerprint density at radius 2 is 2.10 bits per heavy atom. The summed E-state index contributed by atoms with van der Waals surface area (Å²) in [5.74, 6) is 3.02. The zero-order chi connectivity index (χ0) is 14.9. The molecule has 0 spiro atoms. The first-order valence-corrected chi connectivity index (χ1v) is 8.38. The third-order valence-electron chi connectivity index (χ3n) is 5.21. The number of nitrogens with one attached hydrogen (secondary N) is 1. The minimum Gasteiger partial charge on any atom is -0.389 e. The number of aryl methyl sites for hydroxylation is 1. The first-order chi connectivity index (χ1) is 10.0. The number of nitrogens with zero attached hydrogens (tertiary/aromatic N) is 3. The van der Waals surface area contributed by atoms with Gasteiger partial charge in [0.05, 0.1) is 5.60 Å². The quantitative estimate of drug-likeness (QED) is 0.896. The molecule has 21 heavy (non-hydrogen) atoms. The van der Waals surface area contributed by atoms with E-state index in [1.54, 1.807) is 0 Å². The predicted molar refractivity (Wildman–Crippen MR) is 82.1 cm³/mol. The molecule has 5 nitrogen and oxygen atoms in total. The van der Waals surface area contributed by atoms with Crippen molar-refractivity contribution in [3.8, 4) is 0 Å². The average molecular weight is 292 g/mol. The fourth-order valence-corrected chi connectivity index (χ4v) is 3.83. The molecule has 1 saturated carbocycles. The van der Waals surface area contributed by atoms with Gasteiger partial charge in [-0.15, -0.1) is 0 Å². The number of likely N-dealkylation sites (tertiary alicyclic amines) is 1. The Bertz CT molecular complexity index is 465. The first kappa shape index (κ1) is 15.0. The van der Waals surface area contributed by atoms with Crippen molar-refractivity contribution >= 4 is 0 Å². The molecular weight excluding hydrogens is 264 g/mol. The minimum absolute atomic E-state index is 0.412. The summed E-state index contributed by atoms with van der Waals surface area (Å²) in [7, 11) is 0. The summed E-state index contributed by atoms with van der Waals surface area (Å²) in [6.07, 6.45) is 6.56. The molecule has 1 aliphatic carbocycles. The molecule has 0 amide bonds. The average Bonchev–Trinajstić information content (AvgIpc) is 2.89. The van der Waals surface area contributed by atoms with Gasteiger partial charge in [-0.1, -0.05) is 6.92 Å². The molecule has 2 fully saturated rings. The van der Waals surface area contributed by atoms with Crippen LogP contribution in [-0.2, 0) is 0 Å². The monoisotopic (exact) mass is 292 g/mol. The van der Waals surface area contributed by atoms with E-state index in [-0.39, 0.29) is 0 Å². The standard InChI is InChI=1S/C16H28N4O/c1-12-5-7-16(21,8-6-12)11-20-9-3-4-14(10-20)15-17-13(2)18-19-15/h12,14,21H,3-11H2,1-2H3,(H,17,18,19). The Labute approximate surface area is 127 Å². The van der Waals surface area contributed by atoms with Gasteiger partial charge in [-0.3, -0.25) is 10.00 Å². The third-order valence-corrected chi connectivity index (χ3v) is 5.21. The first-order valence-electron chi connectivity index (χ1n) is 8.38. The van der Waals surface area contributed by atoms with Gasteiger partial charge in [0, 0.05) is 19.0 Å². The van der Waals surface area contributed by atoms with Crippen LogP contribution in [0.1, 0.15) is 63.0 Å². The number of rotatable bonds is 3. The van der Waals surface area contributed by atoms with Gasteiger partial charge >= 0.3 is 0 Å². The number of aromatic nitrogens is 3. The molecule has 1 atom stereocenters. The topological polar surface area (TPSA) is 65.0 Å². The third kappa shape index (κ3) is 3.64. The lowest BCUT2D eigenvalue weighted by Gasteiger charge is -2.41. The van der Waals surface area contributed by atoms with Crippen molar-refractivity contribution < 1.29 is 5.11 Å². The summed E-state index contributed by atoms with van der Waals surface area (Å²) < 4.78 is 0. The molecule has 118 valence electrons. The molecular formula is C16H28N4O. The molecule has 2 heterocycles. The van der Waals surface area contributed by atoms with Crippen LogP contribution in [0.25, 0.3) is 0 Å². The van der Waals surface area contributed by atoms with Gasteiger partial charge in [0.1, 0.15) is 5.82 Å². The number of aromatic amines is 1. The van der Waals surface area contributed by atoms with E-state index in [4.69, 9.17) is 0 Å². The van der Waals surface area contributed by atoms with Crippen LogP contribution in [0.5, 0.6) is 0 Å². The van der Waals surface area contributed by atoms with Crippen molar-refractivity contribution in [1.29, 1.82) is 0 Å². The fraction of sp³-hybridized carbons (Fsp3) is 0.875. The van der Waals surface area contributed by atoms with Crippen LogP contribution in [0.2, 0.25) is 0 Å². The second kappa shape index (κ2) is 6.05. The van der Waals surface area contributed by atoms with Crippen LogP contribution in [0.4, 0.5) is 0 Å². The molecule has 3 rings (SSSR count). The number of β-amino-alcohol motifs (C(OH)–C–C–N with tert-alkyl or cyclic N) is 1. The minimum atomic E-state index is -0.469. The van der Waals surface area contributed by atoms with Crippen LogP contribution in [-0.4, -0.2) is 50.4 Å². The maximum atomic E-state index is 10.8. The molecule has 5 heteroatoms. The highest BCUT2D eigenvalue weighted by molar-refractivity contribution is 5.00. The van der Waals surface area contributed by atoms with Crippen LogP contribution in [0, 0.1) is 12.8 Å². The lowest BCUT2D eigenvalue weighted by molar-refractivity contribution is -0.0399. The smallest absolute Gasteiger partial charge is 0.155 e. The Morgan fingerprint density at radius 3 is 2.76 bits per heavy atom. The van der Waals surface area contributed by atoms with E-state index in [0.29, 0.717) is 5.92 Å². The Balaban J connectivity index is 1.58. The molecule has 1 aromatic heterocycles. The zero-order valence-electron chi connectivity index (χ0n) is 13.3. The summed E-state index contributed by atoms with van der Waals surface area (Å²) >= 11 is 0. The van der Waals surface area contributed by atoms with Gasteiger partial charge in [-0.2, -0.15) is 5.10 Å². The van der Waals surface area contributed by atoms with Crippen LogP contribution in [0.3, 0.4) is 0 Å². The highest BCUT2D eigenvalue weighted by atomic mass is 16.3. The summed E-state index contributed by atoms with van der Waals surface area (Å²) in [6.45, 7) is 7.14. The van der Waals surface area contributed by atoms with Crippen LogP contribution >= 0.6 is 0 Å². The van der Waals surface area contributed by atoms with Crippen molar-refractivity contribution in [1.82, 2.24) is 20.1 Å². The number of hydrogen-bond donors (Lipinski definition) is 2. The molecule has 2 aliphatic rings. The van der Waals surface area contributed by atoms with Crippen molar-refractivity contribution in [2.45, 2.75) is 63.9 Å². The van der Waals surface area contributed by atoms with E-state index >= 15 is 0 Å². The van der Waals surface area contributed by atoms with Gasteiger partial charge in [0.15, 0.2) is 5.82 Å². The molecule has 2 N–H and O–H groups in total. The molecule has 1 unspecified atom stereocenters. The molecule has 0 radical (unpaired) electrons. The summed E-state index contributed by atoms with van der Waals surface area (Å²) in [5, 5.41) is 18.1. The van der Waals surface area contributed by atoms with E-state index in [0.717, 1.165) is 69.3 Å². The van der Waals surface area contributed by atoms with Gasteiger partial charge in [0.2, 0.25) is 0 Å². The highest BCUT2D eigenvalue weighted by Gasteiger charge is 2.35. The Hall–Kier alpha value is -0.940. The van der Waals surface area contributed by atoms with Gasteiger partial charge in [0.25, 0.3) is 0 Å². The number of H-pyrrole nitrogens is 1. The Morgan fingerprint density at radius 1 is 1.33 bits per heavy atom. The molecule has 1 aliphatic heterocycles. The summed E-state index contributed by atoms with van der Waals surface area (Å²) in [4.78, 5) is 6.91. The van der Waals surface area contributed by atoms with Crippen molar-refractivity contribution in [2.75, 3.05) is 19.6 Å². The fourth-order valence-electron chi connectivity index (χ4n) is 3.83. The van der Waals surface area contributed by atoms with E-state index in [1.165, 1.54) is 6.42 Å². The SMILES string of the molecule is Cc1nc(C2CCCN(CC3(O)CCC(C)CC3)C2)n[nH]1. The van der Waals surface area contributed by atoms with Crippen molar-refractivity contribution in [3.05, 3.63) is 11.6 Å². The van der Waals surface area contributed by atoms with E-state index in [9.17, 15) is 5.11 Å². The molecule has 1 saturated heterocycles. The summed E-state index contributed by atoms with van der Waals surface area (Å²) in [6, 6.07) is 0. The molecule has 0 bridgehead atoms. The van der Waals surface area contributed by atoms with E-state index in [2.05, 4.69) is 27.0 Å². The zero-order valence-corrected chi connectivity index (χ0v) is 13.3. The molecule has 1 aromatic rings.